The lowest BCUT2D eigenvalue weighted by Gasteiger charge is -2.09. The SMILES string of the molecule is CC(C)CNCCn1ccc2cc(F)ccc21. The molecule has 0 aliphatic heterocycles. The van der Waals surface area contributed by atoms with Gasteiger partial charge in [0.15, 0.2) is 0 Å². The Balaban J connectivity index is 1.99. The first-order valence-electron chi connectivity index (χ1n) is 6.12. The molecule has 1 aromatic heterocycles. The molecule has 2 rings (SSSR count). The number of hydrogen-bond acceptors (Lipinski definition) is 1. The van der Waals surface area contributed by atoms with Gasteiger partial charge >= 0.3 is 0 Å². The normalized spacial score (nSPS) is 11.5. The molecular formula is C14H19FN2. The van der Waals surface area contributed by atoms with E-state index in [1.807, 2.05) is 18.3 Å². The standard InChI is InChI=1S/C14H19FN2/c1-11(2)10-16-6-8-17-7-5-12-9-13(15)3-4-14(12)17/h3-5,7,9,11,16H,6,8,10H2,1-2H3. The van der Waals surface area contributed by atoms with E-state index in [1.54, 1.807) is 6.07 Å². The summed E-state index contributed by atoms with van der Waals surface area (Å²) < 4.78 is 15.2. The van der Waals surface area contributed by atoms with Gasteiger partial charge in [0, 0.05) is 30.2 Å². The highest BCUT2D eigenvalue weighted by molar-refractivity contribution is 5.80. The maximum Gasteiger partial charge on any atom is 0.123 e. The molecule has 1 N–H and O–H groups in total. The minimum atomic E-state index is -0.173. The number of rotatable bonds is 5. The highest BCUT2D eigenvalue weighted by Gasteiger charge is 2.01. The van der Waals surface area contributed by atoms with Crippen molar-refractivity contribution in [3.63, 3.8) is 0 Å². The van der Waals surface area contributed by atoms with Crippen LogP contribution in [0.2, 0.25) is 0 Å². The fraction of sp³-hybridized carbons (Fsp3) is 0.429. The number of hydrogen-bond donors (Lipinski definition) is 1. The molecule has 17 heavy (non-hydrogen) atoms. The zero-order valence-electron chi connectivity index (χ0n) is 10.4. The number of nitrogens with one attached hydrogen (secondary N) is 1. The molecule has 3 heteroatoms. The van der Waals surface area contributed by atoms with Crippen LogP contribution in [0.15, 0.2) is 30.5 Å². The van der Waals surface area contributed by atoms with Crippen LogP contribution in [0.1, 0.15) is 13.8 Å². The third kappa shape index (κ3) is 3.07. The predicted molar refractivity (Wildman–Crippen MR) is 69.6 cm³/mol. The van der Waals surface area contributed by atoms with Crippen LogP contribution in [0.5, 0.6) is 0 Å². The summed E-state index contributed by atoms with van der Waals surface area (Å²) in [4.78, 5) is 0. The van der Waals surface area contributed by atoms with Crippen LogP contribution in [0.25, 0.3) is 10.9 Å². The molecule has 0 saturated heterocycles. The van der Waals surface area contributed by atoms with E-state index in [-0.39, 0.29) is 5.82 Å². The lowest BCUT2D eigenvalue weighted by molar-refractivity contribution is 0.529. The second kappa shape index (κ2) is 5.32. The largest absolute Gasteiger partial charge is 0.346 e. The molecule has 0 saturated carbocycles. The summed E-state index contributed by atoms with van der Waals surface area (Å²) in [6.07, 6.45) is 2.02. The zero-order valence-corrected chi connectivity index (χ0v) is 10.4. The van der Waals surface area contributed by atoms with E-state index >= 15 is 0 Å². The number of nitrogens with zero attached hydrogens (tertiary/aromatic N) is 1. The first-order chi connectivity index (χ1) is 8.16. The summed E-state index contributed by atoms with van der Waals surface area (Å²) in [5.74, 6) is 0.499. The first kappa shape index (κ1) is 12.1. The summed E-state index contributed by atoms with van der Waals surface area (Å²) in [5.41, 5.74) is 1.10. The molecule has 0 fully saturated rings. The third-order valence-electron chi connectivity index (χ3n) is 2.82. The van der Waals surface area contributed by atoms with Gasteiger partial charge < -0.3 is 9.88 Å². The van der Waals surface area contributed by atoms with Crippen molar-refractivity contribution in [1.29, 1.82) is 0 Å². The van der Waals surface area contributed by atoms with Gasteiger partial charge in [-0.15, -0.1) is 0 Å². The Hall–Kier alpha value is -1.35. The van der Waals surface area contributed by atoms with Crippen molar-refractivity contribution < 1.29 is 4.39 Å². The Morgan fingerprint density at radius 2 is 2.12 bits per heavy atom. The summed E-state index contributed by atoms with van der Waals surface area (Å²) in [5, 5.41) is 4.37. The Kier molecular flexibility index (Phi) is 3.79. The van der Waals surface area contributed by atoms with Crippen LogP contribution in [0, 0.1) is 11.7 Å². The predicted octanol–water partition coefficient (Wildman–Crippen LogP) is 3.03. The molecule has 0 unspecified atom stereocenters. The third-order valence-corrected chi connectivity index (χ3v) is 2.82. The Morgan fingerprint density at radius 3 is 2.88 bits per heavy atom. The van der Waals surface area contributed by atoms with Crippen LogP contribution < -0.4 is 5.32 Å². The second-order valence-corrected chi connectivity index (χ2v) is 4.81. The van der Waals surface area contributed by atoms with Crippen LogP contribution in [0.4, 0.5) is 4.39 Å². The van der Waals surface area contributed by atoms with Crippen molar-refractivity contribution in [2.45, 2.75) is 20.4 Å². The summed E-state index contributed by atoms with van der Waals surface area (Å²) >= 11 is 0. The van der Waals surface area contributed by atoms with Gasteiger partial charge in [-0.1, -0.05) is 13.8 Å². The molecular weight excluding hydrogens is 215 g/mol. The average Bonchev–Trinajstić information content (AvgIpc) is 2.66. The van der Waals surface area contributed by atoms with E-state index in [0.717, 1.165) is 30.5 Å². The van der Waals surface area contributed by atoms with Gasteiger partial charge in [-0.3, -0.25) is 0 Å². The van der Waals surface area contributed by atoms with Crippen molar-refractivity contribution in [2.75, 3.05) is 13.1 Å². The van der Waals surface area contributed by atoms with Crippen molar-refractivity contribution in [3.8, 4) is 0 Å². The molecule has 0 radical (unpaired) electrons. The fourth-order valence-electron chi connectivity index (χ4n) is 1.96. The van der Waals surface area contributed by atoms with Crippen LogP contribution in [0.3, 0.4) is 0 Å². The van der Waals surface area contributed by atoms with E-state index in [4.69, 9.17) is 0 Å². The van der Waals surface area contributed by atoms with Crippen molar-refractivity contribution in [1.82, 2.24) is 9.88 Å². The van der Waals surface area contributed by atoms with E-state index in [2.05, 4.69) is 23.7 Å². The van der Waals surface area contributed by atoms with Gasteiger partial charge in [-0.2, -0.15) is 0 Å². The van der Waals surface area contributed by atoms with Gasteiger partial charge in [0.05, 0.1) is 0 Å². The van der Waals surface area contributed by atoms with E-state index < -0.39 is 0 Å². The van der Waals surface area contributed by atoms with E-state index in [0.29, 0.717) is 5.92 Å². The Labute approximate surface area is 101 Å². The summed E-state index contributed by atoms with van der Waals surface area (Å²) in [6, 6.07) is 6.89. The van der Waals surface area contributed by atoms with Gasteiger partial charge in [0.1, 0.15) is 5.82 Å². The molecule has 1 heterocycles. The van der Waals surface area contributed by atoms with Gasteiger partial charge in [-0.25, -0.2) is 4.39 Å². The maximum absolute atomic E-state index is 13.0. The molecule has 0 spiro atoms. The van der Waals surface area contributed by atoms with Gasteiger partial charge in [-0.05, 0) is 36.7 Å². The zero-order chi connectivity index (χ0) is 12.3. The smallest absolute Gasteiger partial charge is 0.123 e. The molecule has 92 valence electrons. The minimum absolute atomic E-state index is 0.173. The maximum atomic E-state index is 13.0. The number of benzene rings is 1. The van der Waals surface area contributed by atoms with Crippen molar-refractivity contribution in [3.05, 3.63) is 36.3 Å². The van der Waals surface area contributed by atoms with Crippen LogP contribution >= 0.6 is 0 Å². The van der Waals surface area contributed by atoms with Crippen molar-refractivity contribution in [2.24, 2.45) is 5.92 Å². The molecule has 2 nitrogen and oxygen atoms in total. The monoisotopic (exact) mass is 234 g/mol. The lowest BCUT2D eigenvalue weighted by Crippen LogP contribution is -2.23. The average molecular weight is 234 g/mol. The second-order valence-electron chi connectivity index (χ2n) is 4.81. The number of aromatic nitrogens is 1. The quantitative estimate of drug-likeness (QED) is 0.787. The van der Waals surface area contributed by atoms with E-state index in [9.17, 15) is 4.39 Å². The summed E-state index contributed by atoms with van der Waals surface area (Å²) in [6.45, 7) is 7.29. The number of halogens is 1. The molecule has 2 aromatic rings. The highest BCUT2D eigenvalue weighted by atomic mass is 19.1. The molecule has 1 aromatic carbocycles. The van der Waals surface area contributed by atoms with Crippen molar-refractivity contribution >= 4 is 10.9 Å². The fourth-order valence-corrected chi connectivity index (χ4v) is 1.96. The topological polar surface area (TPSA) is 17.0 Å². The Bertz CT molecular complexity index is 488. The Morgan fingerprint density at radius 1 is 1.29 bits per heavy atom. The van der Waals surface area contributed by atoms with Gasteiger partial charge in [0.2, 0.25) is 0 Å². The van der Waals surface area contributed by atoms with E-state index in [1.165, 1.54) is 6.07 Å². The first-order valence-corrected chi connectivity index (χ1v) is 6.12. The minimum Gasteiger partial charge on any atom is -0.346 e. The molecule has 0 amide bonds. The summed E-state index contributed by atoms with van der Waals surface area (Å²) in [7, 11) is 0. The molecule has 0 atom stereocenters. The molecule has 0 bridgehead atoms. The van der Waals surface area contributed by atoms with Crippen LogP contribution in [-0.2, 0) is 6.54 Å². The van der Waals surface area contributed by atoms with Gasteiger partial charge in [0.25, 0.3) is 0 Å². The molecule has 0 aliphatic carbocycles. The number of fused-ring (bicyclic) bond motifs is 1. The molecule has 0 aliphatic rings. The lowest BCUT2D eigenvalue weighted by atomic mass is 10.2. The highest BCUT2D eigenvalue weighted by Crippen LogP contribution is 2.16. The van der Waals surface area contributed by atoms with Crippen LogP contribution in [-0.4, -0.2) is 17.7 Å².